The molecule has 0 heterocycles. The summed E-state index contributed by atoms with van der Waals surface area (Å²) >= 11 is 0. The Hall–Kier alpha value is -1.84. The molecule has 0 atom stereocenters. The van der Waals surface area contributed by atoms with Crippen LogP contribution in [-0.4, -0.2) is 10.0 Å². The fourth-order valence-electron chi connectivity index (χ4n) is 1.04. The number of rotatable bonds is 3. The van der Waals surface area contributed by atoms with E-state index in [0.717, 1.165) is 6.26 Å². The van der Waals surface area contributed by atoms with Gasteiger partial charge in [-0.2, -0.15) is 0 Å². The minimum absolute atomic E-state index is 0.0839. The van der Waals surface area contributed by atoms with Crippen LogP contribution >= 0.6 is 0 Å². The highest BCUT2D eigenvalue weighted by Gasteiger charge is 2.09. The van der Waals surface area contributed by atoms with E-state index in [0.29, 0.717) is 12.0 Å². The quantitative estimate of drug-likeness (QED) is 0.439. The van der Waals surface area contributed by atoms with Gasteiger partial charge in [0.15, 0.2) is 0 Å². The molecule has 4 nitrogen and oxygen atoms in total. The van der Waals surface area contributed by atoms with Crippen LogP contribution in [0.5, 0.6) is 0 Å². The summed E-state index contributed by atoms with van der Waals surface area (Å²) in [6, 6.07) is 6.45. The molecular formula is C9H9NO3. The second kappa shape index (κ2) is 4.25. The fourth-order valence-corrected chi connectivity index (χ4v) is 1.04. The Labute approximate surface area is 75.3 Å². The normalized spacial score (nSPS) is 10.5. The predicted molar refractivity (Wildman–Crippen MR) is 48.6 cm³/mol. The van der Waals surface area contributed by atoms with Crippen LogP contribution in [0.15, 0.2) is 36.6 Å². The number of nitro benzene ring substituents is 1. The van der Waals surface area contributed by atoms with Gasteiger partial charge >= 0.3 is 0 Å². The molecule has 0 amide bonds. The van der Waals surface area contributed by atoms with Gasteiger partial charge < -0.3 is 5.11 Å². The Morgan fingerprint density at radius 2 is 2.15 bits per heavy atom. The molecule has 1 aromatic rings. The van der Waals surface area contributed by atoms with Crippen molar-refractivity contribution in [3.63, 3.8) is 0 Å². The first-order valence-electron chi connectivity index (χ1n) is 3.77. The lowest BCUT2D eigenvalue weighted by molar-refractivity contribution is -0.385. The Bertz CT molecular complexity index is 333. The number of nitrogens with zero attached hydrogens (tertiary/aromatic N) is 1. The summed E-state index contributed by atoms with van der Waals surface area (Å²) < 4.78 is 0. The summed E-state index contributed by atoms with van der Waals surface area (Å²) in [4.78, 5) is 10.1. The first-order chi connectivity index (χ1) is 6.25. The molecule has 0 saturated heterocycles. The second-order valence-electron chi connectivity index (χ2n) is 2.47. The predicted octanol–water partition coefficient (Wildman–Crippen LogP) is 2.21. The molecule has 0 unspecified atom stereocenters. The van der Waals surface area contributed by atoms with Crippen LogP contribution in [0.4, 0.5) is 5.69 Å². The van der Waals surface area contributed by atoms with Crippen molar-refractivity contribution >= 4 is 5.69 Å². The summed E-state index contributed by atoms with van der Waals surface area (Å²) in [5.74, 6) is 0. The molecule has 1 N–H and O–H groups in total. The maximum atomic E-state index is 10.5. The molecule has 0 bridgehead atoms. The average Bonchev–Trinajstić information content (AvgIpc) is 2.15. The lowest BCUT2D eigenvalue weighted by Gasteiger charge is -1.97. The van der Waals surface area contributed by atoms with Crippen LogP contribution in [0.25, 0.3) is 0 Å². The largest absolute Gasteiger partial charge is 0.516 e. The van der Waals surface area contributed by atoms with Crippen LogP contribution < -0.4 is 0 Å². The Morgan fingerprint density at radius 1 is 1.46 bits per heavy atom. The van der Waals surface area contributed by atoms with Gasteiger partial charge in [0.05, 0.1) is 11.2 Å². The Kier molecular flexibility index (Phi) is 3.03. The lowest BCUT2D eigenvalue weighted by atomic mass is 10.1. The molecule has 0 aliphatic rings. The van der Waals surface area contributed by atoms with E-state index in [1.54, 1.807) is 18.2 Å². The van der Waals surface area contributed by atoms with E-state index in [4.69, 9.17) is 5.11 Å². The van der Waals surface area contributed by atoms with Crippen LogP contribution in [0.3, 0.4) is 0 Å². The minimum atomic E-state index is -0.430. The highest BCUT2D eigenvalue weighted by atomic mass is 16.6. The summed E-state index contributed by atoms with van der Waals surface area (Å²) in [6.45, 7) is 0. The van der Waals surface area contributed by atoms with Crippen molar-refractivity contribution in [3.05, 3.63) is 52.3 Å². The minimum Gasteiger partial charge on any atom is -0.516 e. The van der Waals surface area contributed by atoms with Gasteiger partial charge in [0.2, 0.25) is 0 Å². The topological polar surface area (TPSA) is 63.4 Å². The van der Waals surface area contributed by atoms with E-state index in [2.05, 4.69) is 0 Å². The maximum absolute atomic E-state index is 10.5. The monoisotopic (exact) mass is 179 g/mol. The Morgan fingerprint density at radius 3 is 2.77 bits per heavy atom. The molecule has 0 spiro atoms. The van der Waals surface area contributed by atoms with E-state index in [1.165, 1.54) is 12.1 Å². The third kappa shape index (κ3) is 2.30. The van der Waals surface area contributed by atoms with Crippen LogP contribution in [0.2, 0.25) is 0 Å². The molecule has 0 radical (unpaired) electrons. The molecule has 0 fully saturated rings. The number of aliphatic hydroxyl groups excluding tert-OH is 1. The third-order valence-electron chi connectivity index (χ3n) is 1.63. The summed E-state index contributed by atoms with van der Waals surface area (Å²) in [5, 5.41) is 18.9. The molecule has 1 rings (SSSR count). The zero-order valence-corrected chi connectivity index (χ0v) is 6.88. The van der Waals surface area contributed by atoms with Crippen molar-refractivity contribution in [2.45, 2.75) is 6.42 Å². The maximum Gasteiger partial charge on any atom is 0.272 e. The molecule has 68 valence electrons. The first kappa shape index (κ1) is 9.25. The highest BCUT2D eigenvalue weighted by Crippen LogP contribution is 2.17. The number of allylic oxidation sites excluding steroid dienone is 1. The smallest absolute Gasteiger partial charge is 0.272 e. The van der Waals surface area contributed by atoms with Crippen molar-refractivity contribution in [1.82, 2.24) is 0 Å². The zero-order valence-electron chi connectivity index (χ0n) is 6.88. The third-order valence-corrected chi connectivity index (χ3v) is 1.63. The van der Waals surface area contributed by atoms with Gasteiger partial charge in [-0.1, -0.05) is 18.2 Å². The summed E-state index contributed by atoms with van der Waals surface area (Å²) in [7, 11) is 0. The van der Waals surface area contributed by atoms with Gasteiger partial charge in [0.25, 0.3) is 5.69 Å². The summed E-state index contributed by atoms with van der Waals surface area (Å²) in [6.07, 6.45) is 2.71. The fraction of sp³-hybridized carbons (Fsp3) is 0.111. The van der Waals surface area contributed by atoms with Crippen molar-refractivity contribution < 1.29 is 10.0 Å². The van der Waals surface area contributed by atoms with Gasteiger partial charge in [-0.3, -0.25) is 10.1 Å². The molecule has 0 saturated carbocycles. The van der Waals surface area contributed by atoms with E-state index in [9.17, 15) is 10.1 Å². The van der Waals surface area contributed by atoms with Crippen molar-refractivity contribution in [2.75, 3.05) is 0 Å². The van der Waals surface area contributed by atoms with Crippen molar-refractivity contribution in [2.24, 2.45) is 0 Å². The molecule has 1 aromatic carbocycles. The molecule has 0 aromatic heterocycles. The molecule has 0 aliphatic carbocycles. The SMILES string of the molecule is O=[N+]([O-])c1ccccc1CC=CO. The molecule has 4 heteroatoms. The zero-order chi connectivity index (χ0) is 9.68. The van der Waals surface area contributed by atoms with E-state index in [-0.39, 0.29) is 5.69 Å². The highest BCUT2D eigenvalue weighted by molar-refractivity contribution is 5.40. The molecular weight excluding hydrogens is 170 g/mol. The number of nitro groups is 1. The van der Waals surface area contributed by atoms with Crippen LogP contribution in [0, 0.1) is 10.1 Å². The van der Waals surface area contributed by atoms with Crippen LogP contribution in [-0.2, 0) is 6.42 Å². The molecule has 0 aliphatic heterocycles. The van der Waals surface area contributed by atoms with E-state index >= 15 is 0 Å². The number of benzene rings is 1. The van der Waals surface area contributed by atoms with Crippen molar-refractivity contribution in [3.8, 4) is 0 Å². The lowest BCUT2D eigenvalue weighted by Crippen LogP contribution is -1.93. The number of aliphatic hydroxyl groups is 1. The van der Waals surface area contributed by atoms with Gasteiger partial charge in [-0.25, -0.2) is 0 Å². The number of hydrogen-bond donors (Lipinski definition) is 1. The average molecular weight is 179 g/mol. The van der Waals surface area contributed by atoms with Crippen molar-refractivity contribution in [1.29, 1.82) is 0 Å². The Balaban J connectivity index is 2.97. The van der Waals surface area contributed by atoms with E-state index in [1.807, 2.05) is 0 Å². The first-order valence-corrected chi connectivity index (χ1v) is 3.77. The number of hydrogen-bond acceptors (Lipinski definition) is 3. The van der Waals surface area contributed by atoms with Gasteiger partial charge in [-0.05, 0) is 6.08 Å². The number of para-hydroxylation sites is 1. The van der Waals surface area contributed by atoms with Gasteiger partial charge in [0, 0.05) is 18.1 Å². The van der Waals surface area contributed by atoms with Gasteiger partial charge in [-0.15, -0.1) is 0 Å². The molecule has 13 heavy (non-hydrogen) atoms. The van der Waals surface area contributed by atoms with Crippen LogP contribution in [0.1, 0.15) is 5.56 Å². The van der Waals surface area contributed by atoms with Gasteiger partial charge in [0.1, 0.15) is 0 Å². The second-order valence-corrected chi connectivity index (χ2v) is 2.47. The van der Waals surface area contributed by atoms with E-state index < -0.39 is 4.92 Å². The standard InChI is InChI=1S/C9H9NO3/c11-7-3-5-8-4-1-2-6-9(8)10(12)13/h1-4,6-7,11H,5H2. The summed E-state index contributed by atoms with van der Waals surface area (Å²) in [5.41, 5.74) is 0.679.